The van der Waals surface area contributed by atoms with Gasteiger partial charge in [0.05, 0.1) is 4.92 Å². The fourth-order valence-corrected chi connectivity index (χ4v) is 4.53. The average Bonchev–Trinajstić information content (AvgIpc) is 2.41. The summed E-state index contributed by atoms with van der Waals surface area (Å²) in [5, 5.41) is 14.3. The van der Waals surface area contributed by atoms with E-state index in [4.69, 9.17) is 0 Å². The standard InChI is InChI=1S/C12H16BrN3O4S/c1-8-9(2)15(6-5-14-8)21(19,20)12-4-3-10(13)7-11(12)16(17)18/h3-4,7-9,14H,5-6H2,1-2H3. The van der Waals surface area contributed by atoms with Gasteiger partial charge in [-0.05, 0) is 26.0 Å². The number of hydrogen-bond donors (Lipinski definition) is 1. The van der Waals surface area contributed by atoms with Gasteiger partial charge in [0, 0.05) is 35.7 Å². The Labute approximate surface area is 131 Å². The number of piperazine rings is 1. The van der Waals surface area contributed by atoms with Crippen molar-refractivity contribution in [2.24, 2.45) is 0 Å². The SMILES string of the molecule is CC1NCCN(S(=O)(=O)c2ccc(Br)cc2[N+](=O)[O-])C1C. The summed E-state index contributed by atoms with van der Waals surface area (Å²) in [5.41, 5.74) is -0.414. The fraction of sp³-hybridized carbons (Fsp3) is 0.500. The van der Waals surface area contributed by atoms with Gasteiger partial charge in [0.25, 0.3) is 5.69 Å². The van der Waals surface area contributed by atoms with Gasteiger partial charge in [-0.25, -0.2) is 8.42 Å². The highest BCUT2D eigenvalue weighted by atomic mass is 79.9. The quantitative estimate of drug-likeness (QED) is 0.639. The Bertz CT molecular complexity index is 664. The zero-order chi connectivity index (χ0) is 15.8. The largest absolute Gasteiger partial charge is 0.311 e. The number of sulfonamides is 1. The lowest BCUT2D eigenvalue weighted by Gasteiger charge is -2.37. The number of benzene rings is 1. The Morgan fingerprint density at radius 1 is 1.43 bits per heavy atom. The molecule has 0 aromatic heterocycles. The van der Waals surface area contributed by atoms with Gasteiger partial charge in [0.2, 0.25) is 10.0 Å². The lowest BCUT2D eigenvalue weighted by atomic mass is 10.1. The minimum absolute atomic E-state index is 0.0111. The Morgan fingerprint density at radius 2 is 2.10 bits per heavy atom. The predicted molar refractivity (Wildman–Crippen MR) is 81.6 cm³/mol. The van der Waals surface area contributed by atoms with Crippen molar-refractivity contribution in [1.29, 1.82) is 0 Å². The maximum Gasteiger partial charge on any atom is 0.290 e. The van der Waals surface area contributed by atoms with E-state index in [1.807, 2.05) is 6.92 Å². The van der Waals surface area contributed by atoms with Crippen molar-refractivity contribution in [3.63, 3.8) is 0 Å². The molecule has 1 N–H and O–H groups in total. The first-order valence-corrected chi connectivity index (χ1v) is 8.67. The van der Waals surface area contributed by atoms with E-state index in [0.717, 1.165) is 0 Å². The Morgan fingerprint density at radius 3 is 2.71 bits per heavy atom. The lowest BCUT2D eigenvalue weighted by Crippen LogP contribution is -2.57. The first-order valence-electron chi connectivity index (χ1n) is 6.44. The van der Waals surface area contributed by atoms with Gasteiger partial charge in [0.15, 0.2) is 4.90 Å². The van der Waals surface area contributed by atoms with Crippen LogP contribution in [0.25, 0.3) is 0 Å². The average molecular weight is 378 g/mol. The van der Waals surface area contributed by atoms with Crippen LogP contribution in [0.15, 0.2) is 27.6 Å². The van der Waals surface area contributed by atoms with Crippen LogP contribution in [0, 0.1) is 10.1 Å². The summed E-state index contributed by atoms with van der Waals surface area (Å²) in [6.07, 6.45) is 0. The highest BCUT2D eigenvalue weighted by molar-refractivity contribution is 9.10. The van der Waals surface area contributed by atoms with E-state index in [1.165, 1.54) is 22.5 Å². The number of nitro groups is 1. The van der Waals surface area contributed by atoms with Crippen molar-refractivity contribution in [3.05, 3.63) is 32.8 Å². The third-order valence-electron chi connectivity index (χ3n) is 3.68. The summed E-state index contributed by atoms with van der Waals surface area (Å²) in [5.74, 6) is 0. The van der Waals surface area contributed by atoms with Crippen molar-refractivity contribution in [2.45, 2.75) is 30.8 Å². The molecular formula is C12H16BrN3O4S. The van der Waals surface area contributed by atoms with E-state index in [1.54, 1.807) is 6.92 Å². The number of nitrogens with one attached hydrogen (secondary N) is 1. The first-order chi connectivity index (χ1) is 9.75. The molecule has 0 aliphatic carbocycles. The van der Waals surface area contributed by atoms with Gasteiger partial charge in [-0.3, -0.25) is 10.1 Å². The third-order valence-corrected chi connectivity index (χ3v) is 6.21. The zero-order valence-corrected chi connectivity index (χ0v) is 14.0. The molecule has 0 saturated carbocycles. The van der Waals surface area contributed by atoms with Gasteiger partial charge in [0.1, 0.15) is 0 Å². The topological polar surface area (TPSA) is 92.6 Å². The van der Waals surface area contributed by atoms with Crippen LogP contribution in [0.1, 0.15) is 13.8 Å². The molecule has 7 nitrogen and oxygen atoms in total. The maximum absolute atomic E-state index is 12.8. The predicted octanol–water partition coefficient (Wildman–Crippen LogP) is 1.73. The molecular weight excluding hydrogens is 362 g/mol. The Hall–Kier alpha value is -1.03. The molecule has 21 heavy (non-hydrogen) atoms. The molecule has 0 amide bonds. The molecule has 2 rings (SSSR count). The second kappa shape index (κ2) is 5.99. The molecule has 2 atom stereocenters. The van der Waals surface area contributed by atoms with Gasteiger partial charge >= 0.3 is 0 Å². The van der Waals surface area contributed by atoms with Crippen LogP contribution in [0.5, 0.6) is 0 Å². The zero-order valence-electron chi connectivity index (χ0n) is 11.6. The smallest absolute Gasteiger partial charge is 0.290 e. The van der Waals surface area contributed by atoms with E-state index >= 15 is 0 Å². The monoisotopic (exact) mass is 377 g/mol. The number of hydrogen-bond acceptors (Lipinski definition) is 5. The highest BCUT2D eigenvalue weighted by Crippen LogP contribution is 2.31. The van der Waals surface area contributed by atoms with Crippen LogP contribution in [0.3, 0.4) is 0 Å². The lowest BCUT2D eigenvalue weighted by molar-refractivity contribution is -0.387. The molecule has 1 heterocycles. The minimum atomic E-state index is -3.91. The summed E-state index contributed by atoms with van der Waals surface area (Å²) >= 11 is 3.13. The molecule has 1 aliphatic heterocycles. The molecule has 0 bridgehead atoms. The Kier molecular flexibility index (Phi) is 4.66. The second-order valence-electron chi connectivity index (χ2n) is 4.97. The highest BCUT2D eigenvalue weighted by Gasteiger charge is 2.37. The van der Waals surface area contributed by atoms with E-state index in [0.29, 0.717) is 17.6 Å². The van der Waals surface area contributed by atoms with Crippen LogP contribution in [0.4, 0.5) is 5.69 Å². The van der Waals surface area contributed by atoms with Gasteiger partial charge in [-0.15, -0.1) is 0 Å². The van der Waals surface area contributed by atoms with Crippen LogP contribution in [-0.4, -0.2) is 42.8 Å². The van der Waals surface area contributed by atoms with Crippen molar-refractivity contribution in [1.82, 2.24) is 9.62 Å². The number of rotatable bonds is 3. The molecule has 9 heteroatoms. The summed E-state index contributed by atoms with van der Waals surface area (Å²) in [7, 11) is -3.91. The van der Waals surface area contributed by atoms with E-state index in [2.05, 4.69) is 21.2 Å². The van der Waals surface area contributed by atoms with Crippen LogP contribution in [-0.2, 0) is 10.0 Å². The van der Waals surface area contributed by atoms with E-state index in [9.17, 15) is 18.5 Å². The van der Waals surface area contributed by atoms with Gasteiger partial charge in [-0.1, -0.05) is 15.9 Å². The van der Waals surface area contributed by atoms with E-state index in [-0.39, 0.29) is 17.0 Å². The molecule has 116 valence electrons. The summed E-state index contributed by atoms with van der Waals surface area (Å²) < 4.78 is 27.3. The number of nitro benzene ring substituents is 1. The molecule has 1 aliphatic rings. The summed E-state index contributed by atoms with van der Waals surface area (Å²) in [6, 6.07) is 3.70. The summed E-state index contributed by atoms with van der Waals surface area (Å²) in [4.78, 5) is 10.2. The van der Waals surface area contributed by atoms with Gasteiger partial charge < -0.3 is 5.32 Å². The normalized spacial score (nSPS) is 24.0. The Balaban J connectivity index is 2.52. The molecule has 1 aromatic rings. The molecule has 1 aromatic carbocycles. The van der Waals surface area contributed by atoms with Crippen molar-refractivity contribution < 1.29 is 13.3 Å². The van der Waals surface area contributed by atoms with E-state index < -0.39 is 20.6 Å². The fourth-order valence-electron chi connectivity index (χ4n) is 2.34. The number of halogens is 1. The van der Waals surface area contributed by atoms with Crippen molar-refractivity contribution in [3.8, 4) is 0 Å². The second-order valence-corrected chi connectivity index (χ2v) is 7.74. The van der Waals surface area contributed by atoms with Crippen LogP contribution < -0.4 is 5.32 Å². The van der Waals surface area contributed by atoms with Crippen LogP contribution in [0.2, 0.25) is 0 Å². The minimum Gasteiger partial charge on any atom is -0.311 e. The molecule has 0 spiro atoms. The van der Waals surface area contributed by atoms with Gasteiger partial charge in [-0.2, -0.15) is 4.31 Å². The van der Waals surface area contributed by atoms with Crippen molar-refractivity contribution >= 4 is 31.6 Å². The third kappa shape index (κ3) is 3.10. The van der Waals surface area contributed by atoms with Crippen molar-refractivity contribution in [2.75, 3.05) is 13.1 Å². The summed E-state index contributed by atoms with van der Waals surface area (Å²) in [6.45, 7) is 4.50. The van der Waals surface area contributed by atoms with Crippen LogP contribution >= 0.6 is 15.9 Å². The molecule has 1 fully saturated rings. The molecule has 1 saturated heterocycles. The maximum atomic E-state index is 12.8. The number of nitrogens with zero attached hydrogens (tertiary/aromatic N) is 2. The first kappa shape index (κ1) is 16.3. The molecule has 0 radical (unpaired) electrons. The molecule has 2 unspecified atom stereocenters.